The van der Waals surface area contributed by atoms with Gasteiger partial charge < -0.3 is 124 Å². The van der Waals surface area contributed by atoms with Crippen molar-refractivity contribution in [3.8, 4) is 0 Å². The van der Waals surface area contributed by atoms with Crippen LogP contribution in [0.5, 0.6) is 0 Å². The lowest BCUT2D eigenvalue weighted by Crippen LogP contribution is -2.68. The van der Waals surface area contributed by atoms with Gasteiger partial charge in [-0.05, 0) is 111 Å². The molecule has 0 spiro atoms. The SMILES string of the molecule is C[C@@H]1O[C@@H](O[C@H]2[C@H](OC(=O)[C@]34CCC(C)(C)[C@@H](O)[C@H]3C3=CC[C@@H]5[C@@]6(C)CC[C@H](O[C@H]7OC[C@H](O)[C@H](O[C@@H]8O[C@H](CO)[C@@H](O)[C@H](O)[C@H]8O)[C@H]7O[C@@H]7O[C@@H](C)[C@H](O)[C@@H](O)[C@H]7O)C(C)(C)[C@@H]6CC[C@@]5(C)[C@]3(C)CC4)O[C@H](CO)[C@@H](O)[C@@H]2O)[C@H](O)[C@H](O)[C@H]1O. The van der Waals surface area contributed by atoms with Gasteiger partial charge in [0, 0.05) is 5.92 Å². The molecule has 0 amide bonds. The van der Waals surface area contributed by atoms with Crippen LogP contribution in [0, 0.1) is 50.2 Å². The largest absolute Gasteiger partial charge is 0.432 e. The minimum absolute atomic E-state index is 0.0295. The summed E-state index contributed by atoms with van der Waals surface area (Å²) in [6, 6.07) is 0. The normalized spacial score (nSPS) is 55.0. The van der Waals surface area contributed by atoms with Gasteiger partial charge in [-0.25, -0.2) is 0 Å². The van der Waals surface area contributed by atoms with Crippen molar-refractivity contribution in [3.63, 3.8) is 0 Å². The highest BCUT2D eigenvalue weighted by atomic mass is 16.8. The number of carbonyl (C=O) groups excluding carboxylic acids is 1. The predicted molar refractivity (Wildman–Crippen MR) is 288 cm³/mol. The van der Waals surface area contributed by atoms with Gasteiger partial charge in [-0.15, -0.1) is 0 Å². The average Bonchev–Trinajstić information content (AvgIpc) is 0.700. The molecule has 5 saturated heterocycles. The first-order valence-electron chi connectivity index (χ1n) is 30.6. The summed E-state index contributed by atoms with van der Waals surface area (Å²) >= 11 is 0. The first kappa shape index (κ1) is 66.2. The Kier molecular flexibility index (Phi) is 18.7. The molecule has 26 nitrogen and oxygen atoms in total. The maximum Gasteiger partial charge on any atom is 0.315 e. The van der Waals surface area contributed by atoms with Crippen molar-refractivity contribution in [1.82, 2.24) is 0 Å². The fraction of sp³-hybridized carbons (Fsp3) is 0.949. The van der Waals surface area contributed by atoms with E-state index in [1.54, 1.807) is 0 Å². The van der Waals surface area contributed by atoms with Crippen LogP contribution in [-0.2, 0) is 52.2 Å². The minimum atomic E-state index is -1.86. The van der Waals surface area contributed by atoms with Crippen LogP contribution in [0.15, 0.2) is 11.6 Å². The van der Waals surface area contributed by atoms with Crippen LogP contribution in [0.3, 0.4) is 0 Å². The molecule has 85 heavy (non-hydrogen) atoms. The van der Waals surface area contributed by atoms with E-state index in [1.165, 1.54) is 13.8 Å². The zero-order valence-corrected chi connectivity index (χ0v) is 50.0. The summed E-state index contributed by atoms with van der Waals surface area (Å²) in [7, 11) is 0. The van der Waals surface area contributed by atoms with Crippen molar-refractivity contribution in [2.45, 2.75) is 280 Å². The van der Waals surface area contributed by atoms with Crippen LogP contribution in [0.4, 0.5) is 0 Å². The number of carbonyl (C=O) groups is 1. The molecule has 15 N–H and O–H groups in total. The van der Waals surface area contributed by atoms with Gasteiger partial charge >= 0.3 is 5.97 Å². The Morgan fingerprint density at radius 1 is 0.529 bits per heavy atom. The quantitative estimate of drug-likeness (QED) is 0.0544. The Morgan fingerprint density at radius 3 is 1.64 bits per heavy atom. The van der Waals surface area contributed by atoms with E-state index >= 15 is 4.79 Å². The number of ether oxygens (including phenoxy) is 10. The maximum absolute atomic E-state index is 15.4. The van der Waals surface area contributed by atoms with Crippen molar-refractivity contribution >= 4 is 5.97 Å². The van der Waals surface area contributed by atoms with Gasteiger partial charge in [0.2, 0.25) is 6.29 Å². The molecule has 5 aliphatic carbocycles. The van der Waals surface area contributed by atoms with E-state index < -0.39 is 206 Å². The Labute approximate surface area is 494 Å². The number of esters is 1. The van der Waals surface area contributed by atoms with E-state index in [0.29, 0.717) is 44.9 Å². The number of aliphatic hydroxyl groups excluding tert-OH is 15. The summed E-state index contributed by atoms with van der Waals surface area (Å²) in [5, 5.41) is 164. The molecule has 0 aromatic heterocycles. The van der Waals surface area contributed by atoms with Crippen LogP contribution >= 0.6 is 0 Å². The third kappa shape index (κ3) is 10.8. The highest BCUT2D eigenvalue weighted by molar-refractivity contribution is 5.79. The summed E-state index contributed by atoms with van der Waals surface area (Å²) in [5.41, 5.74) is -2.86. The fourth-order valence-corrected chi connectivity index (χ4v) is 17.6. The molecular formula is C59H96O26. The van der Waals surface area contributed by atoms with Gasteiger partial charge in [-0.3, -0.25) is 4.79 Å². The van der Waals surface area contributed by atoms with Gasteiger partial charge in [0.15, 0.2) is 31.3 Å². The summed E-state index contributed by atoms with van der Waals surface area (Å²) in [6.07, 6.45) is -32.7. The lowest BCUT2D eigenvalue weighted by Gasteiger charge is -2.71. The van der Waals surface area contributed by atoms with Gasteiger partial charge in [0.05, 0.1) is 49.7 Å². The summed E-state index contributed by atoms with van der Waals surface area (Å²) < 4.78 is 61.2. The monoisotopic (exact) mass is 1220 g/mol. The number of hydrogen-bond donors (Lipinski definition) is 15. The Balaban J connectivity index is 0.914. The van der Waals surface area contributed by atoms with Crippen molar-refractivity contribution < 1.29 is 129 Å². The second-order valence-corrected chi connectivity index (χ2v) is 28.6. The molecule has 33 atom stereocenters. The topological polar surface area (TPSA) is 413 Å². The highest BCUT2D eigenvalue weighted by Crippen LogP contribution is 2.76. The zero-order chi connectivity index (χ0) is 62.2. The second-order valence-electron chi connectivity index (χ2n) is 28.6. The van der Waals surface area contributed by atoms with Crippen LogP contribution < -0.4 is 0 Å². The van der Waals surface area contributed by atoms with Crippen molar-refractivity contribution in [2.24, 2.45) is 50.2 Å². The number of allylic oxidation sites excluding steroid dienone is 1. The molecule has 26 heteroatoms. The van der Waals surface area contributed by atoms with Gasteiger partial charge in [-0.1, -0.05) is 60.1 Å². The van der Waals surface area contributed by atoms with E-state index in [0.717, 1.165) is 18.4 Å². The van der Waals surface area contributed by atoms with Crippen molar-refractivity contribution in [3.05, 3.63) is 11.6 Å². The molecule has 488 valence electrons. The third-order valence-corrected chi connectivity index (χ3v) is 23.3. The molecule has 0 aromatic rings. The molecule has 5 heterocycles. The zero-order valence-electron chi connectivity index (χ0n) is 50.0. The summed E-state index contributed by atoms with van der Waals surface area (Å²) in [5.74, 6) is -1.37. The minimum Gasteiger partial charge on any atom is -0.432 e. The van der Waals surface area contributed by atoms with Crippen molar-refractivity contribution in [2.75, 3.05) is 19.8 Å². The molecule has 10 aliphatic rings. The van der Waals surface area contributed by atoms with Crippen LogP contribution in [0.1, 0.15) is 120 Å². The highest BCUT2D eigenvalue weighted by Gasteiger charge is 2.72. The predicted octanol–water partition coefficient (Wildman–Crippen LogP) is -2.55. The van der Waals surface area contributed by atoms with E-state index in [1.807, 2.05) is 13.8 Å². The first-order valence-corrected chi connectivity index (χ1v) is 30.6. The van der Waals surface area contributed by atoms with Gasteiger partial charge in [0.1, 0.15) is 97.7 Å². The Morgan fingerprint density at radius 2 is 1.05 bits per heavy atom. The number of hydrogen-bond acceptors (Lipinski definition) is 26. The van der Waals surface area contributed by atoms with Crippen LogP contribution in [0.2, 0.25) is 0 Å². The van der Waals surface area contributed by atoms with Gasteiger partial charge in [0.25, 0.3) is 0 Å². The number of rotatable bonds is 12. The molecule has 0 radical (unpaired) electrons. The Hall–Kier alpha value is -1.75. The summed E-state index contributed by atoms with van der Waals surface area (Å²) in [4.78, 5) is 15.4. The standard InChI is InChI=1S/C59H96O26/c1-23-33(63)37(67)41(71)48(77-23)83-45-40(70)36(66)28(21-61)80-52(45)85-53(75)59-18-16-54(3,4)47(74)32(59)25-10-11-30-56(7)14-13-31(55(5,6)29(56)12-15-58(30,9)57(25,8)17-19-59)81-51-46(84-49-42(72)38(68)34(64)24(2)78-49)44(26(62)22-76-51)82-50-43(73)39(69)35(65)27(20-60)79-50/h10,23-24,26-52,60-74H,11-22H2,1-9H3/t23-,24-,26-,27+,28+,29-,30+,31-,32+,33-,34-,35+,36+,37+,38+,39-,40-,41+,42+,43+,44-,45+,46+,47-,48-,49-,50-,51+,52-,56-,57+,58+,59-/m0/s1. The second kappa shape index (κ2) is 24.1. The van der Waals surface area contributed by atoms with Crippen LogP contribution in [-0.4, -0.2) is 262 Å². The third-order valence-electron chi connectivity index (χ3n) is 23.3. The van der Waals surface area contributed by atoms with E-state index in [9.17, 15) is 76.6 Å². The van der Waals surface area contributed by atoms with Crippen LogP contribution in [0.25, 0.3) is 0 Å². The molecule has 9 fully saturated rings. The summed E-state index contributed by atoms with van der Waals surface area (Å²) in [6.45, 7) is 16.2. The smallest absolute Gasteiger partial charge is 0.315 e. The molecule has 10 rings (SSSR count). The van der Waals surface area contributed by atoms with Crippen molar-refractivity contribution in [1.29, 1.82) is 0 Å². The number of aliphatic hydroxyl groups is 15. The molecular weight excluding hydrogens is 1120 g/mol. The van der Waals surface area contributed by atoms with Gasteiger partial charge in [-0.2, -0.15) is 0 Å². The maximum atomic E-state index is 15.4. The Bertz CT molecular complexity index is 2380. The lowest BCUT2D eigenvalue weighted by atomic mass is 9.33. The van der Waals surface area contributed by atoms with E-state index in [4.69, 9.17) is 47.4 Å². The molecule has 5 aliphatic heterocycles. The lowest BCUT2D eigenvalue weighted by molar-refractivity contribution is -0.388. The first-order chi connectivity index (χ1) is 39.7. The van der Waals surface area contributed by atoms with E-state index in [2.05, 4.69) is 40.7 Å². The molecule has 0 unspecified atom stereocenters. The number of fused-ring (bicyclic) bond motifs is 7. The van der Waals surface area contributed by atoms with E-state index in [-0.39, 0.29) is 29.3 Å². The molecule has 0 aromatic carbocycles. The average molecular weight is 1220 g/mol. The molecule has 0 bridgehead atoms. The fourth-order valence-electron chi connectivity index (χ4n) is 17.6. The molecule has 4 saturated carbocycles.